The van der Waals surface area contributed by atoms with Crippen molar-refractivity contribution in [3.63, 3.8) is 0 Å². The van der Waals surface area contributed by atoms with Crippen molar-refractivity contribution < 1.29 is 62.9 Å². The van der Waals surface area contributed by atoms with Gasteiger partial charge in [0.05, 0.1) is 0 Å². The molecule has 4 nitrogen and oxygen atoms in total. The second-order valence-corrected chi connectivity index (χ2v) is 3.09. The summed E-state index contributed by atoms with van der Waals surface area (Å²) in [4.78, 5) is 9.84. The minimum atomic E-state index is -7.27. The number of carbonyl (C=O) groups is 1. The van der Waals surface area contributed by atoms with Crippen LogP contribution in [0, 0.1) is 0 Å². The Balaban J connectivity index is 0. The van der Waals surface area contributed by atoms with Gasteiger partial charge in [0, 0.05) is 0 Å². The number of hydrogen-bond acceptors (Lipinski definition) is 3. The zero-order valence-electron chi connectivity index (χ0n) is 9.13. The lowest BCUT2D eigenvalue weighted by Crippen LogP contribution is -2.61. The molecule has 0 aliphatic carbocycles. The lowest BCUT2D eigenvalue weighted by molar-refractivity contribution is -0.474. The summed E-state index contributed by atoms with van der Waals surface area (Å²) >= 11 is 0. The predicted octanol–water partition coefficient (Wildman–Crippen LogP) is 3.27. The van der Waals surface area contributed by atoms with Crippen molar-refractivity contribution in [3.8, 4) is 0 Å². The van der Waals surface area contributed by atoms with Gasteiger partial charge < -0.3 is 11.3 Å². The van der Waals surface area contributed by atoms with Crippen molar-refractivity contribution >= 4 is 5.97 Å². The van der Waals surface area contributed by atoms with Gasteiger partial charge >= 0.3 is 36.2 Å². The van der Waals surface area contributed by atoms with Crippen LogP contribution in [-0.2, 0) is 9.53 Å². The van der Waals surface area contributed by atoms with E-state index in [-0.39, 0.29) is 6.15 Å². The summed E-state index contributed by atoms with van der Waals surface area (Å²) in [5.74, 6) is -17.6. The van der Waals surface area contributed by atoms with Crippen molar-refractivity contribution in [2.75, 3.05) is 0 Å². The Morgan fingerprint density at radius 1 is 0.762 bits per heavy atom. The average molecular weight is 347 g/mol. The zero-order valence-corrected chi connectivity index (χ0v) is 9.13. The third-order valence-corrected chi connectivity index (χ3v) is 1.63. The van der Waals surface area contributed by atoms with Crippen molar-refractivity contribution in [1.82, 2.24) is 6.15 Å². The van der Waals surface area contributed by atoms with E-state index in [0.29, 0.717) is 0 Å². The van der Waals surface area contributed by atoms with Crippen LogP contribution in [0.4, 0.5) is 48.3 Å². The van der Waals surface area contributed by atoms with Gasteiger partial charge in [-0.1, -0.05) is 0 Å². The summed E-state index contributed by atoms with van der Waals surface area (Å²) in [6, 6.07) is 0. The van der Waals surface area contributed by atoms with Gasteiger partial charge in [0.2, 0.25) is 0 Å². The lowest BCUT2D eigenvalue weighted by atomic mass is 10.2. The van der Waals surface area contributed by atoms with E-state index in [1.54, 1.807) is 4.74 Å². The Morgan fingerprint density at radius 2 is 1.10 bits per heavy atom. The van der Waals surface area contributed by atoms with Crippen LogP contribution in [0.25, 0.3) is 0 Å². The predicted molar refractivity (Wildman–Crippen MR) is 39.6 cm³/mol. The molecule has 0 aliphatic heterocycles. The van der Waals surface area contributed by atoms with Crippen molar-refractivity contribution in [2.45, 2.75) is 30.2 Å². The largest absolute Gasteiger partial charge is 0.477 e. The minimum absolute atomic E-state index is 0. The van der Waals surface area contributed by atoms with E-state index in [4.69, 9.17) is 5.11 Å². The average Bonchev–Trinajstić information content (AvgIpc) is 2.12. The van der Waals surface area contributed by atoms with Gasteiger partial charge in [-0.05, 0) is 0 Å². The first-order chi connectivity index (χ1) is 8.40. The summed E-state index contributed by atoms with van der Waals surface area (Å²) in [5, 5.41) is 7.72. The minimum Gasteiger partial charge on any atom is -0.477 e. The molecular weight excluding hydrogens is 343 g/mol. The monoisotopic (exact) mass is 347 g/mol. The number of hydrogen-bond donors (Lipinski definition) is 2. The maximum atomic E-state index is 12.7. The number of rotatable bonds is 4. The second-order valence-electron chi connectivity index (χ2n) is 3.09. The van der Waals surface area contributed by atoms with E-state index in [0.717, 1.165) is 0 Å². The Hall–Kier alpha value is -1.38. The third kappa shape index (κ3) is 3.63. The Kier molecular flexibility index (Phi) is 5.67. The number of carboxylic acid groups (broad SMARTS) is 1. The molecule has 15 heteroatoms. The molecule has 0 radical (unpaired) electrons. The van der Waals surface area contributed by atoms with E-state index < -0.39 is 36.2 Å². The molecule has 0 aromatic carbocycles. The number of carboxylic acids is 1. The molecule has 0 aliphatic rings. The Labute approximate surface area is 107 Å². The number of aliphatic carboxylic acids is 1. The SMILES string of the molecule is N.O=C(O)C(F)(OC(F)(F)C(F)(F)C(F)(F)F)C(F)(F)F. The number of halogens is 11. The zero-order chi connectivity index (χ0) is 16.8. The topological polar surface area (TPSA) is 81.5 Å². The van der Waals surface area contributed by atoms with Gasteiger partial charge in [-0.25, -0.2) is 4.79 Å². The van der Waals surface area contributed by atoms with Crippen molar-refractivity contribution in [1.29, 1.82) is 0 Å². The van der Waals surface area contributed by atoms with Crippen LogP contribution in [-0.4, -0.2) is 41.3 Å². The number of ether oxygens (including phenoxy) is 1. The summed E-state index contributed by atoms with van der Waals surface area (Å²) in [6.07, 6.45) is -21.1. The molecule has 1 unspecified atom stereocenters. The highest BCUT2D eigenvalue weighted by Crippen LogP contribution is 2.50. The van der Waals surface area contributed by atoms with Gasteiger partial charge in [-0.2, -0.15) is 48.3 Å². The molecular formula is C6H4F11NO3. The van der Waals surface area contributed by atoms with Gasteiger partial charge in [0.1, 0.15) is 0 Å². The summed E-state index contributed by atoms with van der Waals surface area (Å²) in [5.41, 5.74) is 0. The number of alkyl halides is 11. The standard InChI is InChI=1S/C6HF11O3.H3N/c7-2(1(18)19,4(10,11)12)20-6(16,17)3(8,9)5(13,14)15;/h(H,18,19);1H3. The first-order valence-electron chi connectivity index (χ1n) is 3.91. The van der Waals surface area contributed by atoms with Crippen LogP contribution in [0.3, 0.4) is 0 Å². The van der Waals surface area contributed by atoms with Crippen LogP contribution < -0.4 is 6.15 Å². The van der Waals surface area contributed by atoms with E-state index in [2.05, 4.69) is 0 Å². The molecule has 0 rings (SSSR count). The summed E-state index contributed by atoms with van der Waals surface area (Å²) < 4.78 is 134. The molecule has 0 aromatic heterocycles. The van der Waals surface area contributed by atoms with E-state index in [1.807, 2.05) is 0 Å². The van der Waals surface area contributed by atoms with Crippen LogP contribution in [0.5, 0.6) is 0 Å². The highest BCUT2D eigenvalue weighted by molar-refractivity contribution is 5.76. The normalized spacial score (nSPS) is 16.9. The van der Waals surface area contributed by atoms with Crippen molar-refractivity contribution in [2.24, 2.45) is 0 Å². The van der Waals surface area contributed by atoms with Gasteiger partial charge in [0.25, 0.3) is 0 Å². The van der Waals surface area contributed by atoms with Crippen molar-refractivity contribution in [3.05, 3.63) is 0 Å². The molecule has 0 bridgehead atoms. The molecule has 1 atom stereocenters. The molecule has 0 saturated heterocycles. The summed E-state index contributed by atoms with van der Waals surface area (Å²) in [7, 11) is 0. The van der Waals surface area contributed by atoms with Crippen LogP contribution in [0.15, 0.2) is 0 Å². The van der Waals surface area contributed by atoms with E-state index >= 15 is 0 Å². The van der Waals surface area contributed by atoms with E-state index in [1.165, 1.54) is 0 Å². The fourth-order valence-corrected chi connectivity index (χ4v) is 0.628. The molecule has 0 amide bonds. The first-order valence-corrected chi connectivity index (χ1v) is 3.91. The van der Waals surface area contributed by atoms with Gasteiger partial charge in [-0.15, -0.1) is 0 Å². The quantitative estimate of drug-likeness (QED) is 0.765. The van der Waals surface area contributed by atoms with Crippen LogP contribution in [0.1, 0.15) is 0 Å². The molecule has 0 fully saturated rings. The molecule has 21 heavy (non-hydrogen) atoms. The van der Waals surface area contributed by atoms with Crippen LogP contribution in [0.2, 0.25) is 0 Å². The molecule has 0 heterocycles. The second kappa shape index (κ2) is 5.43. The Bertz CT molecular complexity index is 388. The molecule has 0 aromatic rings. The highest BCUT2D eigenvalue weighted by Gasteiger charge is 2.79. The fourth-order valence-electron chi connectivity index (χ4n) is 0.628. The third-order valence-electron chi connectivity index (χ3n) is 1.63. The fraction of sp³-hybridized carbons (Fsp3) is 0.833. The van der Waals surface area contributed by atoms with Gasteiger partial charge in [0.15, 0.2) is 0 Å². The van der Waals surface area contributed by atoms with Gasteiger partial charge in [-0.3, -0.25) is 4.74 Å². The maximum absolute atomic E-state index is 12.7. The Morgan fingerprint density at radius 3 is 1.29 bits per heavy atom. The molecule has 128 valence electrons. The smallest absolute Gasteiger partial charge is 0.462 e. The summed E-state index contributed by atoms with van der Waals surface area (Å²) in [6.45, 7) is 0. The molecule has 0 saturated carbocycles. The lowest BCUT2D eigenvalue weighted by Gasteiger charge is -2.32. The molecule has 4 N–H and O–H groups in total. The highest BCUT2D eigenvalue weighted by atomic mass is 19.4. The maximum Gasteiger partial charge on any atom is 0.462 e. The first kappa shape index (κ1) is 21.9. The molecule has 0 spiro atoms. The van der Waals surface area contributed by atoms with E-state index in [9.17, 15) is 53.1 Å². The van der Waals surface area contributed by atoms with Crippen LogP contribution >= 0.6 is 0 Å².